The van der Waals surface area contributed by atoms with E-state index < -0.39 is 0 Å². The van der Waals surface area contributed by atoms with Crippen LogP contribution in [0.3, 0.4) is 0 Å². The molecule has 18 heavy (non-hydrogen) atoms. The molecule has 0 spiro atoms. The van der Waals surface area contributed by atoms with E-state index in [1.165, 1.54) is 43.7 Å². The standard InChI is InChI=1S/C12H18N2.C3H9N/c1-13-11-5-7-12(8-6-11)14-9-3-2-4-10-14;1-3-4-2/h5-8,13H,2-4,9-10H2,1H3;4H,3H2,1-2H3. The largest absolute Gasteiger partial charge is 0.388 e. The Labute approximate surface area is 112 Å². The second-order valence-corrected chi connectivity index (χ2v) is 4.55. The minimum atomic E-state index is 1.07. The Bertz CT molecular complexity index is 300. The van der Waals surface area contributed by atoms with Crippen molar-refractivity contribution in [3.05, 3.63) is 24.3 Å². The van der Waals surface area contributed by atoms with Gasteiger partial charge in [-0.05, 0) is 57.1 Å². The molecule has 2 N–H and O–H groups in total. The highest BCUT2D eigenvalue weighted by Gasteiger charge is 2.09. The zero-order valence-corrected chi connectivity index (χ0v) is 12.0. The molecule has 0 atom stereocenters. The van der Waals surface area contributed by atoms with Crippen LogP contribution in [0.4, 0.5) is 11.4 Å². The summed E-state index contributed by atoms with van der Waals surface area (Å²) < 4.78 is 0. The van der Waals surface area contributed by atoms with Crippen molar-refractivity contribution in [1.82, 2.24) is 5.32 Å². The molecule has 1 aromatic rings. The quantitative estimate of drug-likeness (QED) is 0.862. The molecule has 1 aliphatic rings. The molecule has 1 saturated heterocycles. The molecular formula is C15H27N3. The van der Waals surface area contributed by atoms with Crippen molar-refractivity contribution in [2.75, 3.05) is 43.9 Å². The van der Waals surface area contributed by atoms with Gasteiger partial charge in [0, 0.05) is 31.5 Å². The molecule has 1 aliphatic heterocycles. The monoisotopic (exact) mass is 249 g/mol. The molecule has 0 radical (unpaired) electrons. The van der Waals surface area contributed by atoms with E-state index in [4.69, 9.17) is 0 Å². The molecular weight excluding hydrogens is 222 g/mol. The van der Waals surface area contributed by atoms with Gasteiger partial charge in [0.25, 0.3) is 0 Å². The Balaban J connectivity index is 0.000000357. The fourth-order valence-corrected chi connectivity index (χ4v) is 1.99. The van der Waals surface area contributed by atoms with Crippen LogP contribution in [0.2, 0.25) is 0 Å². The number of benzene rings is 1. The molecule has 0 bridgehead atoms. The summed E-state index contributed by atoms with van der Waals surface area (Å²) >= 11 is 0. The maximum atomic E-state index is 3.14. The molecule has 0 saturated carbocycles. The van der Waals surface area contributed by atoms with Crippen molar-refractivity contribution in [3.8, 4) is 0 Å². The predicted molar refractivity (Wildman–Crippen MR) is 81.7 cm³/mol. The molecule has 0 amide bonds. The van der Waals surface area contributed by atoms with Gasteiger partial charge in [0.05, 0.1) is 0 Å². The van der Waals surface area contributed by atoms with Gasteiger partial charge in [0.1, 0.15) is 0 Å². The highest BCUT2D eigenvalue weighted by atomic mass is 15.1. The Kier molecular flexibility index (Phi) is 7.26. The van der Waals surface area contributed by atoms with Crippen molar-refractivity contribution in [2.45, 2.75) is 26.2 Å². The fraction of sp³-hybridized carbons (Fsp3) is 0.600. The number of hydrogen-bond acceptors (Lipinski definition) is 3. The van der Waals surface area contributed by atoms with Crippen LogP contribution in [0.25, 0.3) is 0 Å². The van der Waals surface area contributed by atoms with Crippen molar-refractivity contribution in [2.24, 2.45) is 0 Å². The third kappa shape index (κ3) is 4.96. The lowest BCUT2D eigenvalue weighted by molar-refractivity contribution is 0.578. The number of rotatable bonds is 3. The van der Waals surface area contributed by atoms with Gasteiger partial charge in [-0.1, -0.05) is 6.92 Å². The van der Waals surface area contributed by atoms with Crippen LogP contribution in [0.5, 0.6) is 0 Å². The van der Waals surface area contributed by atoms with Crippen LogP contribution in [-0.2, 0) is 0 Å². The summed E-state index contributed by atoms with van der Waals surface area (Å²) in [7, 11) is 3.88. The number of nitrogens with zero attached hydrogens (tertiary/aromatic N) is 1. The van der Waals surface area contributed by atoms with E-state index in [0.29, 0.717) is 0 Å². The summed E-state index contributed by atoms with van der Waals surface area (Å²) in [5.41, 5.74) is 2.55. The first-order valence-electron chi connectivity index (χ1n) is 6.99. The second kappa shape index (κ2) is 8.81. The summed E-state index contributed by atoms with van der Waals surface area (Å²) in [4.78, 5) is 2.48. The van der Waals surface area contributed by atoms with Crippen molar-refractivity contribution in [3.63, 3.8) is 0 Å². The molecule has 2 rings (SSSR count). The lowest BCUT2D eigenvalue weighted by Crippen LogP contribution is -2.29. The number of piperidine rings is 1. The first-order chi connectivity index (χ1) is 8.81. The van der Waals surface area contributed by atoms with Crippen molar-refractivity contribution in [1.29, 1.82) is 0 Å². The molecule has 1 aromatic carbocycles. The van der Waals surface area contributed by atoms with E-state index in [-0.39, 0.29) is 0 Å². The predicted octanol–water partition coefficient (Wildman–Crippen LogP) is 2.94. The first kappa shape index (κ1) is 14.8. The van der Waals surface area contributed by atoms with Crippen molar-refractivity contribution < 1.29 is 0 Å². The smallest absolute Gasteiger partial charge is 0.0367 e. The highest BCUT2D eigenvalue weighted by molar-refractivity contribution is 5.54. The van der Waals surface area contributed by atoms with Crippen LogP contribution in [0.15, 0.2) is 24.3 Å². The average molecular weight is 249 g/mol. The zero-order valence-electron chi connectivity index (χ0n) is 12.0. The summed E-state index contributed by atoms with van der Waals surface area (Å²) in [5.74, 6) is 0. The number of hydrogen-bond donors (Lipinski definition) is 2. The van der Waals surface area contributed by atoms with Crippen molar-refractivity contribution >= 4 is 11.4 Å². The second-order valence-electron chi connectivity index (χ2n) is 4.55. The normalized spacial score (nSPS) is 14.7. The first-order valence-corrected chi connectivity index (χ1v) is 6.99. The third-order valence-corrected chi connectivity index (χ3v) is 3.23. The number of nitrogens with one attached hydrogen (secondary N) is 2. The lowest BCUT2D eigenvalue weighted by Gasteiger charge is -2.28. The van der Waals surface area contributed by atoms with Crippen LogP contribution in [0, 0.1) is 0 Å². The minimum Gasteiger partial charge on any atom is -0.388 e. The van der Waals surface area contributed by atoms with Crippen LogP contribution in [0.1, 0.15) is 26.2 Å². The number of anilines is 2. The van der Waals surface area contributed by atoms with Crippen LogP contribution < -0.4 is 15.5 Å². The lowest BCUT2D eigenvalue weighted by atomic mass is 10.1. The van der Waals surface area contributed by atoms with Gasteiger partial charge < -0.3 is 15.5 Å². The van der Waals surface area contributed by atoms with Gasteiger partial charge in [0.2, 0.25) is 0 Å². The Morgan fingerprint density at radius 1 is 1.00 bits per heavy atom. The molecule has 0 unspecified atom stereocenters. The van der Waals surface area contributed by atoms with E-state index in [9.17, 15) is 0 Å². The average Bonchev–Trinajstić information content (AvgIpc) is 2.48. The van der Waals surface area contributed by atoms with E-state index in [2.05, 4.69) is 46.7 Å². The highest BCUT2D eigenvalue weighted by Crippen LogP contribution is 2.21. The topological polar surface area (TPSA) is 27.3 Å². The SMILES string of the molecule is CCNC.CNc1ccc(N2CCCCC2)cc1. The molecule has 1 heterocycles. The molecule has 102 valence electrons. The van der Waals surface area contributed by atoms with Crippen LogP contribution in [-0.4, -0.2) is 33.7 Å². The third-order valence-electron chi connectivity index (χ3n) is 3.23. The molecule has 0 aromatic heterocycles. The summed E-state index contributed by atoms with van der Waals surface area (Å²) in [6, 6.07) is 8.70. The minimum absolute atomic E-state index is 1.07. The molecule has 0 aliphatic carbocycles. The maximum Gasteiger partial charge on any atom is 0.0367 e. The molecule has 3 heteroatoms. The van der Waals surface area contributed by atoms with E-state index in [1.807, 2.05) is 14.1 Å². The van der Waals surface area contributed by atoms with E-state index in [1.54, 1.807) is 0 Å². The Morgan fingerprint density at radius 3 is 2.00 bits per heavy atom. The summed E-state index contributed by atoms with van der Waals surface area (Å²) in [5, 5.41) is 6.07. The summed E-state index contributed by atoms with van der Waals surface area (Å²) in [6.07, 6.45) is 4.08. The fourth-order valence-electron chi connectivity index (χ4n) is 1.99. The molecule has 3 nitrogen and oxygen atoms in total. The van der Waals surface area contributed by atoms with Gasteiger partial charge in [-0.2, -0.15) is 0 Å². The van der Waals surface area contributed by atoms with E-state index >= 15 is 0 Å². The maximum absolute atomic E-state index is 3.14. The van der Waals surface area contributed by atoms with Gasteiger partial charge in [-0.3, -0.25) is 0 Å². The Hall–Kier alpha value is -1.22. The van der Waals surface area contributed by atoms with Crippen LogP contribution >= 0.6 is 0 Å². The van der Waals surface area contributed by atoms with Gasteiger partial charge in [-0.25, -0.2) is 0 Å². The summed E-state index contributed by atoms with van der Waals surface area (Å²) in [6.45, 7) is 5.58. The van der Waals surface area contributed by atoms with E-state index in [0.717, 1.165) is 6.54 Å². The molecule has 1 fully saturated rings. The van der Waals surface area contributed by atoms with Gasteiger partial charge >= 0.3 is 0 Å². The van der Waals surface area contributed by atoms with Gasteiger partial charge in [0.15, 0.2) is 0 Å². The zero-order chi connectivity index (χ0) is 13.2. The van der Waals surface area contributed by atoms with Gasteiger partial charge in [-0.15, -0.1) is 0 Å². The Morgan fingerprint density at radius 2 is 1.56 bits per heavy atom.